The Morgan fingerprint density at radius 1 is 1.53 bits per heavy atom. The lowest BCUT2D eigenvalue weighted by molar-refractivity contribution is 0.0819. The van der Waals surface area contributed by atoms with Crippen LogP contribution in [-0.2, 0) is 0 Å². The fourth-order valence-corrected chi connectivity index (χ4v) is 1.19. The minimum atomic E-state index is -2.49. The molecular weight excluding hydrogens is 202 g/mol. The van der Waals surface area contributed by atoms with Gasteiger partial charge in [-0.3, -0.25) is 5.41 Å². The number of halogens is 2. The van der Waals surface area contributed by atoms with Crippen LogP contribution in [0.5, 0.6) is 5.75 Å². The van der Waals surface area contributed by atoms with E-state index in [0.29, 0.717) is 11.3 Å². The summed E-state index contributed by atoms with van der Waals surface area (Å²) >= 11 is 0. The molecule has 0 bridgehead atoms. The zero-order chi connectivity index (χ0) is 11.4. The summed E-state index contributed by atoms with van der Waals surface area (Å²) in [6, 6.07) is 4.68. The van der Waals surface area contributed by atoms with Gasteiger partial charge in [-0.05, 0) is 30.7 Å². The van der Waals surface area contributed by atoms with Gasteiger partial charge in [0.05, 0.1) is 0 Å². The first kappa shape index (κ1) is 11.4. The Bertz CT molecular complexity index is 366. The van der Waals surface area contributed by atoms with Gasteiger partial charge in [0.2, 0.25) is 0 Å². The summed E-state index contributed by atoms with van der Waals surface area (Å²) in [5, 5.41) is 7.23. The van der Waals surface area contributed by atoms with E-state index < -0.39 is 13.0 Å². The number of rotatable bonds is 4. The maximum Gasteiger partial charge on any atom is 0.272 e. The highest BCUT2D eigenvalue weighted by Gasteiger charge is 2.06. The maximum atomic E-state index is 11.8. The molecule has 1 aromatic carbocycles. The van der Waals surface area contributed by atoms with Gasteiger partial charge in [0.15, 0.2) is 0 Å². The van der Waals surface area contributed by atoms with Crippen molar-refractivity contribution in [1.29, 1.82) is 5.41 Å². The summed E-state index contributed by atoms with van der Waals surface area (Å²) < 4.78 is 28.5. The van der Waals surface area contributed by atoms with E-state index >= 15 is 0 Å². The van der Waals surface area contributed by atoms with Gasteiger partial charge in [-0.1, -0.05) is 0 Å². The van der Waals surface area contributed by atoms with Crippen molar-refractivity contribution in [2.75, 3.05) is 6.61 Å². The molecule has 0 aromatic heterocycles. The maximum absolute atomic E-state index is 11.8. The highest BCUT2D eigenvalue weighted by Crippen LogP contribution is 2.17. The lowest BCUT2D eigenvalue weighted by Gasteiger charge is -2.08. The van der Waals surface area contributed by atoms with Crippen molar-refractivity contribution in [2.24, 2.45) is 5.73 Å². The zero-order valence-electron chi connectivity index (χ0n) is 8.26. The molecule has 3 nitrogen and oxygen atoms in total. The van der Waals surface area contributed by atoms with Crippen LogP contribution in [0, 0.1) is 12.3 Å². The van der Waals surface area contributed by atoms with E-state index in [-0.39, 0.29) is 5.84 Å². The highest BCUT2D eigenvalue weighted by atomic mass is 19.3. The summed E-state index contributed by atoms with van der Waals surface area (Å²) in [7, 11) is 0. The van der Waals surface area contributed by atoms with Crippen molar-refractivity contribution in [3.63, 3.8) is 0 Å². The molecule has 0 radical (unpaired) electrons. The van der Waals surface area contributed by atoms with Crippen LogP contribution in [0.1, 0.15) is 11.1 Å². The second kappa shape index (κ2) is 4.72. The first-order valence-corrected chi connectivity index (χ1v) is 4.36. The molecule has 5 heteroatoms. The third kappa shape index (κ3) is 3.19. The van der Waals surface area contributed by atoms with Crippen LogP contribution in [-0.4, -0.2) is 18.9 Å². The molecule has 0 aliphatic rings. The van der Waals surface area contributed by atoms with Crippen molar-refractivity contribution in [1.82, 2.24) is 0 Å². The number of alkyl halides is 2. The number of nitrogens with two attached hydrogens (primary N) is 1. The van der Waals surface area contributed by atoms with Crippen LogP contribution in [0.25, 0.3) is 0 Å². The number of amidine groups is 1. The van der Waals surface area contributed by atoms with E-state index in [1.807, 2.05) is 0 Å². The fraction of sp³-hybridized carbons (Fsp3) is 0.300. The molecule has 0 aliphatic heterocycles. The number of hydrogen-bond donors (Lipinski definition) is 2. The van der Waals surface area contributed by atoms with Crippen LogP contribution < -0.4 is 10.5 Å². The van der Waals surface area contributed by atoms with E-state index in [2.05, 4.69) is 0 Å². The van der Waals surface area contributed by atoms with Gasteiger partial charge in [-0.15, -0.1) is 0 Å². The minimum Gasteiger partial charge on any atom is -0.488 e. The van der Waals surface area contributed by atoms with Gasteiger partial charge in [0.1, 0.15) is 18.2 Å². The fourth-order valence-electron chi connectivity index (χ4n) is 1.19. The van der Waals surface area contributed by atoms with Crippen LogP contribution in [0.15, 0.2) is 18.2 Å². The normalized spacial score (nSPS) is 10.4. The average molecular weight is 214 g/mol. The topological polar surface area (TPSA) is 59.1 Å². The van der Waals surface area contributed by atoms with Crippen LogP contribution in [0.3, 0.4) is 0 Å². The van der Waals surface area contributed by atoms with E-state index in [0.717, 1.165) is 5.56 Å². The Morgan fingerprint density at radius 2 is 2.20 bits per heavy atom. The molecule has 0 spiro atoms. The summed E-state index contributed by atoms with van der Waals surface area (Å²) in [6.45, 7) is 1.12. The van der Waals surface area contributed by atoms with E-state index in [9.17, 15) is 8.78 Å². The second-order valence-corrected chi connectivity index (χ2v) is 3.09. The molecule has 0 unspecified atom stereocenters. The molecule has 0 aliphatic carbocycles. The van der Waals surface area contributed by atoms with Crippen LogP contribution in [0.2, 0.25) is 0 Å². The van der Waals surface area contributed by atoms with Crippen molar-refractivity contribution in [3.8, 4) is 5.75 Å². The van der Waals surface area contributed by atoms with E-state index in [1.165, 1.54) is 6.07 Å². The third-order valence-electron chi connectivity index (χ3n) is 1.86. The number of benzene rings is 1. The SMILES string of the molecule is Cc1cc(OCC(F)F)ccc1C(=N)N. The molecule has 0 saturated heterocycles. The molecule has 0 amide bonds. The van der Waals surface area contributed by atoms with Gasteiger partial charge >= 0.3 is 0 Å². The van der Waals surface area contributed by atoms with Crippen molar-refractivity contribution >= 4 is 5.84 Å². The average Bonchev–Trinajstić information content (AvgIpc) is 2.14. The zero-order valence-corrected chi connectivity index (χ0v) is 8.26. The number of hydrogen-bond acceptors (Lipinski definition) is 2. The molecule has 1 rings (SSSR count). The molecule has 0 fully saturated rings. The van der Waals surface area contributed by atoms with E-state index in [1.54, 1.807) is 19.1 Å². The lowest BCUT2D eigenvalue weighted by atomic mass is 10.1. The van der Waals surface area contributed by atoms with E-state index in [4.69, 9.17) is 15.9 Å². The summed E-state index contributed by atoms with van der Waals surface area (Å²) in [5.74, 6) is 0.311. The monoisotopic (exact) mass is 214 g/mol. The van der Waals surface area contributed by atoms with Gasteiger partial charge in [-0.2, -0.15) is 0 Å². The standard InChI is InChI=1S/C10H12F2N2O/c1-6-4-7(15-5-9(11)12)2-3-8(6)10(13)14/h2-4,9H,5H2,1H3,(H3,13,14). The van der Waals surface area contributed by atoms with Crippen LogP contribution >= 0.6 is 0 Å². The number of ether oxygens (including phenoxy) is 1. The molecule has 0 heterocycles. The van der Waals surface area contributed by atoms with Gasteiger partial charge < -0.3 is 10.5 Å². The van der Waals surface area contributed by atoms with Gasteiger partial charge in [0, 0.05) is 5.56 Å². The Labute approximate surface area is 86.4 Å². The predicted octanol–water partition coefficient (Wildman–Crippen LogP) is 1.92. The first-order valence-electron chi connectivity index (χ1n) is 4.36. The van der Waals surface area contributed by atoms with Gasteiger partial charge in [-0.25, -0.2) is 8.78 Å². The molecule has 82 valence electrons. The van der Waals surface area contributed by atoms with Gasteiger partial charge in [0.25, 0.3) is 6.43 Å². The lowest BCUT2D eigenvalue weighted by Crippen LogP contribution is -2.13. The summed E-state index contributed by atoms with van der Waals surface area (Å²) in [5.41, 5.74) is 6.62. The minimum absolute atomic E-state index is 0.0482. The first-order chi connectivity index (χ1) is 7.00. The summed E-state index contributed by atoms with van der Waals surface area (Å²) in [6.07, 6.45) is -2.49. The Hall–Kier alpha value is -1.65. The van der Waals surface area contributed by atoms with Crippen molar-refractivity contribution in [2.45, 2.75) is 13.3 Å². The van der Waals surface area contributed by atoms with Crippen LogP contribution in [0.4, 0.5) is 8.78 Å². The molecule has 1 aromatic rings. The largest absolute Gasteiger partial charge is 0.488 e. The Balaban J connectivity index is 2.78. The molecule has 3 N–H and O–H groups in total. The number of aryl methyl sites for hydroxylation is 1. The quantitative estimate of drug-likeness (QED) is 0.594. The predicted molar refractivity (Wildman–Crippen MR) is 53.7 cm³/mol. The van der Waals surface area contributed by atoms with Crippen molar-refractivity contribution < 1.29 is 13.5 Å². The second-order valence-electron chi connectivity index (χ2n) is 3.09. The smallest absolute Gasteiger partial charge is 0.272 e. The number of nitrogen functional groups attached to an aromatic ring is 1. The summed E-state index contributed by atoms with van der Waals surface area (Å²) in [4.78, 5) is 0. The third-order valence-corrected chi connectivity index (χ3v) is 1.86. The van der Waals surface area contributed by atoms with Crippen molar-refractivity contribution in [3.05, 3.63) is 29.3 Å². The molecule has 0 atom stereocenters. The molecule has 0 saturated carbocycles. The molecular formula is C10H12F2N2O. The molecule has 15 heavy (non-hydrogen) atoms. The Morgan fingerprint density at radius 3 is 2.67 bits per heavy atom. The highest BCUT2D eigenvalue weighted by molar-refractivity contribution is 5.96. The Kier molecular flexibility index (Phi) is 3.60. The number of nitrogens with one attached hydrogen (secondary N) is 1.